The van der Waals surface area contributed by atoms with E-state index in [0.29, 0.717) is 22.1 Å². The van der Waals surface area contributed by atoms with Crippen molar-refractivity contribution in [1.82, 2.24) is 0 Å². The minimum absolute atomic E-state index is 0.0454. The van der Waals surface area contributed by atoms with Gasteiger partial charge in [0.05, 0.1) is 16.4 Å². The van der Waals surface area contributed by atoms with Crippen molar-refractivity contribution in [3.8, 4) is 44.5 Å². The quantitative estimate of drug-likeness (QED) is 0.131. The van der Waals surface area contributed by atoms with Gasteiger partial charge in [0.2, 0.25) is 0 Å². The Labute approximate surface area is 306 Å². The van der Waals surface area contributed by atoms with Gasteiger partial charge < -0.3 is 0 Å². The van der Waals surface area contributed by atoms with Crippen molar-refractivity contribution in [3.05, 3.63) is 181 Å². The average molecular weight is 651 g/mol. The summed E-state index contributed by atoms with van der Waals surface area (Å²) in [4.78, 5) is 0. The molecule has 0 amide bonds. The molecule has 0 spiro atoms. The third kappa shape index (κ3) is 4.51. The monoisotopic (exact) mass is 650 g/mol. The Morgan fingerprint density at radius 1 is 0.388 bits per heavy atom. The van der Waals surface area contributed by atoms with Crippen molar-refractivity contribution in [1.29, 1.82) is 0 Å². The highest BCUT2D eigenvalue weighted by Crippen LogP contribution is 2.47. The van der Waals surface area contributed by atoms with E-state index in [9.17, 15) is 9.60 Å². The van der Waals surface area contributed by atoms with Gasteiger partial charge in [-0.3, -0.25) is 0 Å². The fraction of sp³-hybridized carbons (Fsp3) is 0. The van der Waals surface area contributed by atoms with Crippen molar-refractivity contribution in [3.63, 3.8) is 0 Å². The van der Waals surface area contributed by atoms with Gasteiger partial charge in [-0.2, -0.15) is 0 Å². The molecule has 0 nitrogen and oxygen atoms in total. The summed E-state index contributed by atoms with van der Waals surface area (Å²) in [5.41, 5.74) is 3.15. The van der Waals surface area contributed by atoms with Crippen molar-refractivity contribution >= 4 is 64.5 Å². The first-order chi connectivity index (χ1) is 29.3. The zero-order valence-corrected chi connectivity index (χ0v) is 26.6. The molecule has 0 saturated carbocycles. The zero-order chi connectivity index (χ0) is 42.8. The fourth-order valence-electron chi connectivity index (χ4n) is 6.99. The molecule has 228 valence electrons. The number of fused-ring (bicyclic) bond motifs is 6. The van der Waals surface area contributed by atoms with E-state index in [1.807, 2.05) is 109 Å². The standard InChI is InChI=1S/C48H30S/c1-2-12-31(13-3-1)32-22-24-33(25-23-32)45-30-49-46-29-35(26-27-39(45)46)47-40-18-8-10-20-42(40)48(43-21-11-9-19-41(43)47)44-28-34-14-4-5-15-36(34)37-16-6-7-17-38(37)44/h1-30H/i8D,9D,10D,11D,18D,19D,20D,21D,26D,27D,29D,30D. The normalized spacial score (nSPS) is 15.1. The van der Waals surface area contributed by atoms with E-state index < -0.39 is 54.4 Å². The van der Waals surface area contributed by atoms with Crippen LogP contribution < -0.4 is 0 Å². The van der Waals surface area contributed by atoms with Crippen LogP contribution in [0.3, 0.4) is 0 Å². The summed E-state index contributed by atoms with van der Waals surface area (Å²) < 4.78 is 112. The summed E-state index contributed by atoms with van der Waals surface area (Å²) in [7, 11) is 0. The summed E-state index contributed by atoms with van der Waals surface area (Å²) in [6.07, 6.45) is 0. The van der Waals surface area contributed by atoms with Crippen LogP contribution in [0.4, 0.5) is 0 Å². The molecule has 10 aromatic rings. The summed E-state index contributed by atoms with van der Waals surface area (Å²) in [6.45, 7) is 0. The Balaban J connectivity index is 1.38. The first-order valence-electron chi connectivity index (χ1n) is 21.9. The summed E-state index contributed by atoms with van der Waals surface area (Å²) >= 11 is 0.946. The number of hydrogen-bond donors (Lipinski definition) is 0. The van der Waals surface area contributed by atoms with Gasteiger partial charge in [0.25, 0.3) is 0 Å². The number of benzene rings is 9. The molecule has 0 aliphatic carbocycles. The molecule has 1 heteroatoms. The Kier molecular flexibility index (Phi) is 4.27. The maximum atomic E-state index is 9.78. The Hall–Kier alpha value is -6.02. The lowest BCUT2D eigenvalue weighted by Crippen LogP contribution is -1.92. The lowest BCUT2D eigenvalue weighted by Gasteiger charge is -2.19. The van der Waals surface area contributed by atoms with E-state index in [1.54, 1.807) is 0 Å². The lowest BCUT2D eigenvalue weighted by molar-refractivity contribution is 1.61. The first kappa shape index (κ1) is 18.5. The van der Waals surface area contributed by atoms with Crippen molar-refractivity contribution in [2.75, 3.05) is 0 Å². The Morgan fingerprint density at radius 3 is 1.67 bits per heavy atom. The highest BCUT2D eigenvalue weighted by molar-refractivity contribution is 7.17. The van der Waals surface area contributed by atoms with Gasteiger partial charge in [-0.25, -0.2) is 0 Å². The van der Waals surface area contributed by atoms with E-state index in [2.05, 4.69) is 0 Å². The van der Waals surface area contributed by atoms with Crippen molar-refractivity contribution < 1.29 is 16.4 Å². The molecule has 0 atom stereocenters. The Bertz CT molecular complexity index is 3460. The molecule has 0 aliphatic rings. The lowest BCUT2D eigenvalue weighted by atomic mass is 9.84. The molecule has 0 N–H and O–H groups in total. The largest absolute Gasteiger partial charge is 0.143 e. The van der Waals surface area contributed by atoms with Crippen LogP contribution in [0, 0.1) is 0 Å². The van der Waals surface area contributed by atoms with E-state index in [4.69, 9.17) is 6.85 Å². The first-order valence-corrected chi connectivity index (χ1v) is 16.7. The van der Waals surface area contributed by atoms with Crippen LogP contribution in [-0.2, 0) is 0 Å². The molecule has 0 saturated heterocycles. The second-order valence-corrected chi connectivity index (χ2v) is 12.7. The van der Waals surface area contributed by atoms with Gasteiger partial charge in [-0.1, -0.05) is 164 Å². The van der Waals surface area contributed by atoms with Crippen LogP contribution >= 0.6 is 11.3 Å². The molecule has 1 heterocycles. The van der Waals surface area contributed by atoms with Crippen LogP contribution in [0.1, 0.15) is 16.4 Å². The minimum atomic E-state index is -0.607. The second-order valence-electron chi connectivity index (χ2n) is 11.9. The molecule has 0 aliphatic heterocycles. The Morgan fingerprint density at radius 2 is 0.959 bits per heavy atom. The van der Waals surface area contributed by atoms with E-state index in [1.165, 1.54) is 0 Å². The molecular formula is C48H30S. The predicted molar refractivity (Wildman–Crippen MR) is 214 cm³/mol. The number of rotatable bonds is 4. The third-order valence-electron chi connectivity index (χ3n) is 9.23. The predicted octanol–water partition coefficient (Wildman–Crippen LogP) is 14.2. The smallest absolute Gasteiger partial charge is 0.0747 e. The molecule has 49 heavy (non-hydrogen) atoms. The summed E-state index contributed by atoms with van der Waals surface area (Å²) in [5.74, 6) is 0. The van der Waals surface area contributed by atoms with Gasteiger partial charge in [0, 0.05) is 15.6 Å². The van der Waals surface area contributed by atoms with Crippen LogP contribution in [-0.4, -0.2) is 0 Å². The van der Waals surface area contributed by atoms with E-state index in [0.717, 1.165) is 38.6 Å². The minimum Gasteiger partial charge on any atom is -0.143 e. The maximum absolute atomic E-state index is 9.78. The van der Waals surface area contributed by atoms with Gasteiger partial charge in [0.15, 0.2) is 0 Å². The second kappa shape index (κ2) is 11.3. The van der Waals surface area contributed by atoms with Crippen molar-refractivity contribution in [2.24, 2.45) is 0 Å². The van der Waals surface area contributed by atoms with Crippen molar-refractivity contribution in [2.45, 2.75) is 0 Å². The molecule has 0 fully saturated rings. The molecule has 0 bridgehead atoms. The third-order valence-corrected chi connectivity index (χ3v) is 10.0. The van der Waals surface area contributed by atoms with Gasteiger partial charge in [-0.05, 0) is 99.5 Å². The fourth-order valence-corrected chi connectivity index (χ4v) is 7.82. The van der Waals surface area contributed by atoms with Gasteiger partial charge in [0.1, 0.15) is 0 Å². The van der Waals surface area contributed by atoms with E-state index >= 15 is 0 Å². The zero-order valence-electron chi connectivity index (χ0n) is 37.8. The molecule has 9 aromatic carbocycles. The topological polar surface area (TPSA) is 0 Å². The summed E-state index contributed by atoms with van der Waals surface area (Å²) in [6, 6.07) is 28.9. The van der Waals surface area contributed by atoms with Crippen LogP contribution in [0.25, 0.3) is 97.7 Å². The molecule has 1 aromatic heterocycles. The molecule has 0 unspecified atom stereocenters. The number of thiophene rings is 1. The number of hydrogen-bond acceptors (Lipinski definition) is 1. The van der Waals surface area contributed by atoms with Crippen LogP contribution in [0.15, 0.2) is 181 Å². The molecule has 10 rings (SSSR count). The average Bonchev–Trinajstić information content (AvgIpc) is 3.64. The highest BCUT2D eigenvalue weighted by Gasteiger charge is 2.19. The van der Waals surface area contributed by atoms with E-state index in [-0.39, 0.29) is 65.8 Å². The highest BCUT2D eigenvalue weighted by atomic mass is 32.1. The van der Waals surface area contributed by atoms with Gasteiger partial charge >= 0.3 is 0 Å². The maximum Gasteiger partial charge on any atom is 0.0747 e. The SMILES string of the molecule is [2H]c1sc2c([2H])c(-c3c4c([2H])c([2H])c([2H])c([2H])c4c(-c4cc5ccccc5c5ccccc45)c4c([2H])c([2H])c([2H])c([2H])c34)c([2H])c([2H])c2c1-c1ccc(-c2ccccc2)cc1. The molecular weight excluding hydrogens is 609 g/mol. The van der Waals surface area contributed by atoms with Crippen LogP contribution in [0.5, 0.6) is 0 Å². The molecule has 0 radical (unpaired) electrons. The summed E-state index contributed by atoms with van der Waals surface area (Å²) in [5, 5.41) is 3.10. The van der Waals surface area contributed by atoms with Crippen LogP contribution in [0.2, 0.25) is 0 Å². The van der Waals surface area contributed by atoms with Gasteiger partial charge in [-0.15, -0.1) is 11.3 Å².